The van der Waals surface area contributed by atoms with Gasteiger partial charge < -0.3 is 24.8 Å². The quantitative estimate of drug-likeness (QED) is 0.464. The number of alkyl carbamates (subject to hydrolysis) is 1. The highest BCUT2D eigenvalue weighted by Crippen LogP contribution is 2.44. The van der Waals surface area contributed by atoms with Crippen LogP contribution in [-0.2, 0) is 19.1 Å². The van der Waals surface area contributed by atoms with Gasteiger partial charge >= 0.3 is 18.2 Å². The number of carbonyl (C=O) groups is 3. The number of carbonyl (C=O) groups excluding carboxylic acids is 2. The van der Waals surface area contributed by atoms with E-state index in [0.29, 0.717) is 0 Å². The normalized spacial score (nSPS) is 12.5. The van der Waals surface area contributed by atoms with Crippen molar-refractivity contribution in [3.8, 4) is 11.1 Å². The first-order valence-electron chi connectivity index (χ1n) is 10.9. The number of carboxylic acid groups (broad SMARTS) is 1. The highest BCUT2D eigenvalue weighted by atomic mass is 19.4. The van der Waals surface area contributed by atoms with Gasteiger partial charge in [0.2, 0.25) is 5.91 Å². The lowest BCUT2D eigenvalue weighted by Crippen LogP contribution is -2.42. The zero-order valence-corrected chi connectivity index (χ0v) is 18.7. The predicted molar refractivity (Wildman–Crippen MR) is 119 cm³/mol. The van der Waals surface area contributed by atoms with Gasteiger partial charge in [-0.1, -0.05) is 48.5 Å². The lowest BCUT2D eigenvalue weighted by atomic mass is 9.98. The molecule has 0 aromatic heterocycles. The molecule has 11 heteroatoms. The zero-order chi connectivity index (χ0) is 25.4. The Kier molecular flexibility index (Phi) is 8.69. The average molecular weight is 494 g/mol. The van der Waals surface area contributed by atoms with Gasteiger partial charge in [0.25, 0.3) is 0 Å². The molecular weight excluding hydrogens is 469 g/mol. The van der Waals surface area contributed by atoms with Crippen LogP contribution in [0.3, 0.4) is 0 Å². The summed E-state index contributed by atoms with van der Waals surface area (Å²) in [7, 11) is 0. The number of amides is 2. The topological polar surface area (TPSA) is 105 Å². The van der Waals surface area contributed by atoms with Crippen molar-refractivity contribution in [3.63, 3.8) is 0 Å². The van der Waals surface area contributed by atoms with E-state index in [1.54, 1.807) is 0 Å². The van der Waals surface area contributed by atoms with Gasteiger partial charge in [-0.05, 0) is 22.3 Å². The summed E-state index contributed by atoms with van der Waals surface area (Å²) >= 11 is 0. The third-order valence-corrected chi connectivity index (χ3v) is 5.37. The second-order valence-corrected chi connectivity index (χ2v) is 7.87. The van der Waals surface area contributed by atoms with E-state index < -0.39 is 43.7 Å². The summed E-state index contributed by atoms with van der Waals surface area (Å²) in [6, 6.07) is 15.8. The summed E-state index contributed by atoms with van der Waals surface area (Å²) in [5, 5.41) is 11.2. The molecule has 0 heterocycles. The smallest absolute Gasteiger partial charge is 0.407 e. The highest BCUT2D eigenvalue weighted by molar-refractivity contribution is 5.81. The lowest BCUT2D eigenvalue weighted by Gasteiger charge is -2.22. The molecule has 0 unspecified atom stereocenters. The first kappa shape index (κ1) is 26.0. The summed E-state index contributed by atoms with van der Waals surface area (Å²) < 4.78 is 48.1. The number of hydrogen-bond donors (Lipinski definition) is 2. The van der Waals surface area contributed by atoms with Crippen LogP contribution >= 0.6 is 0 Å². The molecule has 2 aromatic rings. The summed E-state index contributed by atoms with van der Waals surface area (Å²) in [4.78, 5) is 34.9. The summed E-state index contributed by atoms with van der Waals surface area (Å²) in [5.41, 5.74) is 4.38. The van der Waals surface area contributed by atoms with Crippen LogP contribution in [0.15, 0.2) is 48.5 Å². The number of rotatable bonds is 11. The van der Waals surface area contributed by atoms with Gasteiger partial charge in [0, 0.05) is 12.5 Å². The molecule has 0 aliphatic heterocycles. The number of fused-ring (bicyclic) bond motifs is 3. The Balaban J connectivity index is 1.36. The lowest BCUT2D eigenvalue weighted by molar-refractivity contribution is -0.166. The Hall–Kier alpha value is -3.60. The van der Waals surface area contributed by atoms with Crippen molar-refractivity contribution >= 4 is 18.0 Å². The van der Waals surface area contributed by atoms with Crippen molar-refractivity contribution in [1.82, 2.24) is 10.2 Å². The highest BCUT2D eigenvalue weighted by Gasteiger charge is 2.33. The molecule has 0 saturated heterocycles. The fourth-order valence-corrected chi connectivity index (χ4v) is 3.91. The number of carboxylic acids is 1. The van der Waals surface area contributed by atoms with E-state index in [1.807, 2.05) is 48.5 Å². The molecule has 8 nitrogen and oxygen atoms in total. The number of benzene rings is 2. The Labute approximate surface area is 199 Å². The molecule has 35 heavy (non-hydrogen) atoms. The van der Waals surface area contributed by atoms with E-state index >= 15 is 0 Å². The summed E-state index contributed by atoms with van der Waals surface area (Å²) in [6.07, 6.45) is -5.78. The average Bonchev–Trinajstić information content (AvgIpc) is 3.12. The number of halogens is 3. The second kappa shape index (κ2) is 11.7. The number of ether oxygens (including phenoxy) is 2. The van der Waals surface area contributed by atoms with Gasteiger partial charge in [-0.15, -0.1) is 0 Å². The first-order valence-corrected chi connectivity index (χ1v) is 10.9. The first-order chi connectivity index (χ1) is 16.7. The van der Waals surface area contributed by atoms with E-state index in [-0.39, 0.29) is 37.2 Å². The molecule has 188 valence electrons. The molecule has 0 fully saturated rings. The molecule has 0 radical (unpaired) electrons. The van der Waals surface area contributed by atoms with Crippen molar-refractivity contribution < 1.29 is 42.1 Å². The van der Waals surface area contributed by atoms with Crippen molar-refractivity contribution in [2.45, 2.75) is 18.5 Å². The van der Waals surface area contributed by atoms with E-state index in [4.69, 9.17) is 14.6 Å². The van der Waals surface area contributed by atoms with Crippen molar-refractivity contribution in [2.75, 3.05) is 39.5 Å². The van der Waals surface area contributed by atoms with Crippen LogP contribution in [0.4, 0.5) is 18.0 Å². The Morgan fingerprint density at radius 3 is 2.14 bits per heavy atom. The maximum atomic E-state index is 12.5. The fourth-order valence-electron chi connectivity index (χ4n) is 3.91. The summed E-state index contributed by atoms with van der Waals surface area (Å²) in [6.45, 7) is -2.72. The molecule has 0 atom stereocenters. The number of alkyl halides is 3. The van der Waals surface area contributed by atoms with Gasteiger partial charge in [0.05, 0.1) is 19.6 Å². The molecule has 0 bridgehead atoms. The van der Waals surface area contributed by atoms with Crippen LogP contribution in [0, 0.1) is 0 Å². The largest absolute Gasteiger partial charge is 0.480 e. The third-order valence-electron chi connectivity index (χ3n) is 5.37. The predicted octanol–water partition coefficient (Wildman–Crippen LogP) is 3.41. The van der Waals surface area contributed by atoms with Gasteiger partial charge in [-0.3, -0.25) is 9.59 Å². The molecule has 2 amide bonds. The van der Waals surface area contributed by atoms with E-state index in [9.17, 15) is 27.6 Å². The van der Waals surface area contributed by atoms with Crippen LogP contribution in [0.1, 0.15) is 23.5 Å². The second-order valence-electron chi connectivity index (χ2n) is 7.87. The van der Waals surface area contributed by atoms with Crippen LogP contribution in [0.25, 0.3) is 11.1 Å². The Morgan fingerprint density at radius 2 is 1.57 bits per heavy atom. The van der Waals surface area contributed by atoms with Crippen LogP contribution in [0.5, 0.6) is 0 Å². The summed E-state index contributed by atoms with van der Waals surface area (Å²) in [5.74, 6) is -2.62. The van der Waals surface area contributed by atoms with E-state index in [0.717, 1.165) is 22.3 Å². The number of nitrogens with one attached hydrogen (secondary N) is 1. The molecular formula is C24H25F3N2O6. The number of nitrogens with zero attached hydrogens (tertiary/aromatic N) is 1. The number of hydrogen-bond acceptors (Lipinski definition) is 5. The zero-order valence-electron chi connectivity index (χ0n) is 18.7. The minimum Gasteiger partial charge on any atom is -0.480 e. The minimum atomic E-state index is -4.71. The fraction of sp³-hybridized carbons (Fsp3) is 0.375. The number of aliphatic carboxylic acids is 1. The third kappa shape index (κ3) is 7.44. The van der Waals surface area contributed by atoms with Crippen LogP contribution < -0.4 is 5.32 Å². The van der Waals surface area contributed by atoms with E-state index in [1.165, 1.54) is 0 Å². The maximum Gasteiger partial charge on any atom is 0.407 e. The molecule has 2 N–H and O–H groups in total. The maximum absolute atomic E-state index is 12.5. The minimum absolute atomic E-state index is 0.00429. The van der Waals surface area contributed by atoms with Gasteiger partial charge in [0.1, 0.15) is 19.7 Å². The van der Waals surface area contributed by atoms with Crippen molar-refractivity contribution in [1.29, 1.82) is 0 Å². The molecule has 0 spiro atoms. The SMILES string of the molecule is O=C(O)CN(CC(F)(F)F)C(=O)CCOCCNC(=O)OCC1c2ccccc2-c2ccccc21. The standard InChI is InChI=1S/C24H25F3N2O6/c25-24(26,27)15-29(13-22(31)32)21(30)9-11-34-12-10-28-23(33)35-14-20-18-7-3-1-5-16(18)17-6-2-4-8-19(17)20/h1-8,20H,9-15H2,(H,28,33)(H,31,32). The Bertz CT molecular complexity index is 1010. The van der Waals surface area contributed by atoms with E-state index in [2.05, 4.69) is 5.32 Å². The van der Waals surface area contributed by atoms with Crippen LogP contribution in [-0.4, -0.2) is 73.6 Å². The molecule has 3 rings (SSSR count). The molecule has 1 aliphatic rings. The monoisotopic (exact) mass is 494 g/mol. The van der Waals surface area contributed by atoms with Gasteiger partial charge in [-0.2, -0.15) is 13.2 Å². The molecule has 2 aromatic carbocycles. The Morgan fingerprint density at radius 1 is 0.971 bits per heavy atom. The van der Waals surface area contributed by atoms with Gasteiger partial charge in [-0.25, -0.2) is 4.79 Å². The molecule has 0 saturated carbocycles. The van der Waals surface area contributed by atoms with Crippen molar-refractivity contribution in [2.24, 2.45) is 0 Å². The van der Waals surface area contributed by atoms with Crippen molar-refractivity contribution in [3.05, 3.63) is 59.7 Å². The van der Waals surface area contributed by atoms with Gasteiger partial charge in [0.15, 0.2) is 0 Å². The molecule has 1 aliphatic carbocycles. The van der Waals surface area contributed by atoms with Crippen LogP contribution in [0.2, 0.25) is 0 Å².